The number of hydrogen-bond donors (Lipinski definition) is 0. The molecule has 0 saturated heterocycles. The summed E-state index contributed by atoms with van der Waals surface area (Å²) in [5.41, 5.74) is 1.99. The van der Waals surface area contributed by atoms with E-state index in [-0.39, 0.29) is 22.7 Å². The van der Waals surface area contributed by atoms with Crippen LogP contribution in [0.5, 0.6) is 0 Å². The number of benzene rings is 7. The average molecular weight is 1110 g/mol. The fourth-order valence-electron chi connectivity index (χ4n) is 12.1. The van der Waals surface area contributed by atoms with E-state index in [0.29, 0.717) is 39.3 Å². The fraction of sp³-hybridized carbons (Fsp3) is 0.403. The summed E-state index contributed by atoms with van der Waals surface area (Å²) >= 11 is 0. The van der Waals surface area contributed by atoms with Crippen LogP contribution in [0, 0.1) is 0 Å². The van der Waals surface area contributed by atoms with E-state index in [1.165, 1.54) is 72.1 Å². The van der Waals surface area contributed by atoms with Gasteiger partial charge in [0.1, 0.15) is 11.7 Å². The number of carbonyl (C=O) groups excluding carboxylic acids is 1. The Morgan fingerprint density at radius 3 is 1.04 bits per heavy atom. The van der Waals surface area contributed by atoms with Crippen molar-refractivity contribution in [3.63, 3.8) is 0 Å². The molecule has 0 fully saturated rings. The number of hydrogen-bond acceptors (Lipinski definition) is 6. The number of carbonyl (C=O) groups is 1. The molecule has 0 radical (unpaired) electrons. The summed E-state index contributed by atoms with van der Waals surface area (Å²) < 4.78 is 29.6. The molecule has 80 heavy (non-hydrogen) atoms. The minimum absolute atomic E-state index is 0.143. The van der Waals surface area contributed by atoms with E-state index in [1.807, 2.05) is 18.2 Å². The Hall–Kier alpha value is -5.72. The van der Waals surface area contributed by atoms with Crippen LogP contribution in [0.3, 0.4) is 0 Å². The summed E-state index contributed by atoms with van der Waals surface area (Å²) in [6.07, 6.45) is 13.1. The van der Waals surface area contributed by atoms with E-state index in [0.717, 1.165) is 36.0 Å². The van der Waals surface area contributed by atoms with Crippen molar-refractivity contribution >= 4 is 43.4 Å². The molecule has 0 bridgehead atoms. The van der Waals surface area contributed by atoms with E-state index in [2.05, 4.69) is 247 Å². The third kappa shape index (κ3) is 16.0. The first-order valence-corrected chi connectivity index (χ1v) is 33.9. The normalized spacial score (nSPS) is 12.8. The second-order valence-corrected chi connectivity index (χ2v) is 32.4. The van der Waals surface area contributed by atoms with Gasteiger partial charge in [0.15, 0.2) is 0 Å². The van der Waals surface area contributed by atoms with Gasteiger partial charge in [-0.3, -0.25) is 9.69 Å². The molecule has 7 aromatic carbocycles. The molecular formula is C72H93NO5Si2. The first kappa shape index (κ1) is 61.9. The summed E-state index contributed by atoms with van der Waals surface area (Å²) in [5.74, 6) is -0.189. The van der Waals surface area contributed by atoms with Gasteiger partial charge in [0.25, 0.3) is 16.6 Å². The molecule has 8 heteroatoms. The van der Waals surface area contributed by atoms with Gasteiger partial charge in [-0.2, -0.15) is 0 Å². The van der Waals surface area contributed by atoms with Crippen LogP contribution in [0.4, 0.5) is 0 Å². The predicted molar refractivity (Wildman–Crippen MR) is 340 cm³/mol. The SMILES string of the molecule is CCCCCCCCCCCCCC(=O)OC(COC(c1ccccc1)(c1ccccc1)c1ccccc1)CN(CCO[Si](c1ccccc1)(c1ccccc1)C(C)(C)C)CCO[Si](c1ccccc1)(c1ccccc1)C(C)(C)C. The molecule has 0 N–H and O–H groups in total. The Morgan fingerprint density at radius 1 is 0.425 bits per heavy atom. The minimum Gasteiger partial charge on any atom is -0.459 e. The van der Waals surface area contributed by atoms with Crippen LogP contribution in [0.15, 0.2) is 212 Å². The highest BCUT2D eigenvalue weighted by molar-refractivity contribution is 7.00. The van der Waals surface area contributed by atoms with Crippen molar-refractivity contribution in [3.05, 3.63) is 229 Å². The largest absolute Gasteiger partial charge is 0.459 e. The van der Waals surface area contributed by atoms with Gasteiger partial charge in [-0.15, -0.1) is 0 Å². The molecule has 0 spiro atoms. The summed E-state index contributed by atoms with van der Waals surface area (Å²) in [5, 5.41) is 4.54. The van der Waals surface area contributed by atoms with Crippen LogP contribution in [-0.2, 0) is 28.7 Å². The van der Waals surface area contributed by atoms with Crippen LogP contribution in [-0.4, -0.2) is 73.1 Å². The molecule has 424 valence electrons. The minimum atomic E-state index is -2.91. The van der Waals surface area contributed by atoms with E-state index >= 15 is 0 Å². The monoisotopic (exact) mass is 1110 g/mol. The van der Waals surface area contributed by atoms with Crippen LogP contribution in [0.1, 0.15) is 142 Å². The molecule has 0 heterocycles. The second-order valence-electron chi connectivity index (χ2n) is 23.8. The van der Waals surface area contributed by atoms with Gasteiger partial charge in [0, 0.05) is 39.3 Å². The molecule has 6 nitrogen and oxygen atoms in total. The van der Waals surface area contributed by atoms with Crippen molar-refractivity contribution in [2.24, 2.45) is 0 Å². The van der Waals surface area contributed by atoms with Gasteiger partial charge in [0.05, 0.1) is 6.61 Å². The van der Waals surface area contributed by atoms with Crippen LogP contribution >= 0.6 is 0 Å². The van der Waals surface area contributed by atoms with Crippen LogP contribution in [0.25, 0.3) is 0 Å². The zero-order valence-corrected chi connectivity index (χ0v) is 51.5. The quantitative estimate of drug-likeness (QED) is 0.0177. The van der Waals surface area contributed by atoms with Crippen molar-refractivity contribution < 1.29 is 23.1 Å². The Labute approximate surface area is 484 Å². The lowest BCUT2D eigenvalue weighted by Crippen LogP contribution is -2.67. The molecule has 0 saturated carbocycles. The summed E-state index contributed by atoms with van der Waals surface area (Å²) in [6.45, 7) is 18.8. The van der Waals surface area contributed by atoms with Gasteiger partial charge in [-0.05, 0) is 53.9 Å². The predicted octanol–water partition coefficient (Wildman–Crippen LogP) is 15.1. The summed E-state index contributed by atoms with van der Waals surface area (Å²) in [4.78, 5) is 16.8. The van der Waals surface area contributed by atoms with Gasteiger partial charge in [-0.25, -0.2) is 0 Å². The maximum absolute atomic E-state index is 14.4. The first-order chi connectivity index (χ1) is 38.8. The molecule has 7 aromatic rings. The van der Waals surface area contributed by atoms with E-state index in [9.17, 15) is 4.79 Å². The summed E-state index contributed by atoms with van der Waals surface area (Å²) in [7, 11) is -5.81. The Kier molecular flexibility index (Phi) is 23.9. The highest BCUT2D eigenvalue weighted by Gasteiger charge is 2.51. The van der Waals surface area contributed by atoms with Crippen LogP contribution in [0.2, 0.25) is 10.1 Å². The molecule has 1 unspecified atom stereocenters. The molecule has 1 atom stereocenters. The van der Waals surface area contributed by atoms with Crippen LogP contribution < -0.4 is 20.7 Å². The van der Waals surface area contributed by atoms with Crippen molar-refractivity contribution in [2.45, 2.75) is 147 Å². The molecule has 0 aliphatic heterocycles. The number of unbranched alkanes of at least 4 members (excludes halogenated alkanes) is 10. The van der Waals surface area contributed by atoms with Gasteiger partial charge < -0.3 is 18.3 Å². The molecule has 0 aliphatic rings. The van der Waals surface area contributed by atoms with E-state index in [4.69, 9.17) is 18.3 Å². The maximum atomic E-state index is 14.4. The van der Waals surface area contributed by atoms with Crippen molar-refractivity contribution in [3.8, 4) is 0 Å². The standard InChI is InChI=1S/C72H93NO5Si2/c1-8-9-10-11-12-13-14-15-16-17-39-54-69(74)78-64(60-75-72(61-40-25-18-26-41-61,62-42-27-19-28-43-62)63-44-29-20-30-45-63)59-73(55-57-76-79(70(2,3)4,65-46-31-21-32-47-65)66-48-33-22-34-49-66)56-58-77-80(71(5,6)7,67-50-35-23-36-51-67)68-52-37-24-38-53-68/h18-38,40-53,64H,8-17,39,54-60H2,1-7H3. The summed E-state index contributed by atoms with van der Waals surface area (Å²) in [6, 6.07) is 74.9. The first-order valence-electron chi connectivity index (χ1n) is 30.1. The van der Waals surface area contributed by atoms with Gasteiger partial charge in [0.2, 0.25) is 0 Å². The van der Waals surface area contributed by atoms with Crippen molar-refractivity contribution in [1.82, 2.24) is 4.90 Å². The molecule has 0 aliphatic carbocycles. The lowest BCUT2D eigenvalue weighted by Gasteiger charge is -2.44. The number of rotatable bonds is 33. The average Bonchev–Trinajstić information content (AvgIpc) is 3.48. The van der Waals surface area contributed by atoms with Crippen molar-refractivity contribution in [2.75, 3.05) is 39.5 Å². The zero-order chi connectivity index (χ0) is 56.6. The number of nitrogens with zero attached hydrogens (tertiary/aromatic N) is 1. The van der Waals surface area contributed by atoms with E-state index < -0.39 is 28.3 Å². The Morgan fingerprint density at radius 2 is 0.725 bits per heavy atom. The third-order valence-corrected chi connectivity index (χ3v) is 26.1. The smallest absolute Gasteiger partial charge is 0.306 e. The topological polar surface area (TPSA) is 57.2 Å². The molecular weight excluding hydrogens is 1010 g/mol. The lowest BCUT2D eigenvalue weighted by molar-refractivity contribution is -0.156. The number of ether oxygens (including phenoxy) is 2. The van der Waals surface area contributed by atoms with Gasteiger partial charge >= 0.3 is 5.97 Å². The Balaban J connectivity index is 1.24. The van der Waals surface area contributed by atoms with E-state index in [1.54, 1.807) is 0 Å². The second kappa shape index (κ2) is 30.9. The third-order valence-electron chi connectivity index (χ3n) is 16.1. The lowest BCUT2D eigenvalue weighted by atomic mass is 9.80. The highest BCUT2D eigenvalue weighted by atomic mass is 28.4. The number of esters is 1. The highest BCUT2D eigenvalue weighted by Crippen LogP contribution is 2.42. The molecule has 7 rings (SSSR count). The maximum Gasteiger partial charge on any atom is 0.306 e. The zero-order valence-electron chi connectivity index (χ0n) is 49.5. The molecule has 0 aromatic heterocycles. The molecule has 0 amide bonds. The Bertz CT molecular complexity index is 2510. The fourth-order valence-corrected chi connectivity index (χ4v) is 21.2. The van der Waals surface area contributed by atoms with Crippen molar-refractivity contribution in [1.29, 1.82) is 0 Å². The van der Waals surface area contributed by atoms with Gasteiger partial charge in [-0.1, -0.05) is 325 Å².